The Balaban J connectivity index is 2.04. The van der Waals surface area contributed by atoms with Crippen molar-refractivity contribution in [2.24, 2.45) is 0 Å². The maximum absolute atomic E-state index is 12.0. The molecule has 2 N–H and O–H groups in total. The first-order valence-electron chi connectivity index (χ1n) is 7.02. The second-order valence-electron chi connectivity index (χ2n) is 4.95. The van der Waals surface area contributed by atoms with Gasteiger partial charge in [-0.15, -0.1) is 0 Å². The van der Waals surface area contributed by atoms with Crippen LogP contribution in [0.3, 0.4) is 0 Å². The molecule has 0 aliphatic carbocycles. The molecule has 116 valence electrons. The number of carbonyl (C=O) groups excluding carboxylic acids is 1. The van der Waals surface area contributed by atoms with E-state index in [1.54, 1.807) is 12.1 Å². The van der Waals surface area contributed by atoms with Crippen LogP contribution in [0.2, 0.25) is 0 Å². The van der Waals surface area contributed by atoms with Gasteiger partial charge in [0.15, 0.2) is 11.5 Å². The Morgan fingerprint density at radius 1 is 1.64 bits per heavy atom. The van der Waals surface area contributed by atoms with E-state index in [9.17, 15) is 9.90 Å². The fraction of sp³-hybridized carbons (Fsp3) is 0.375. The van der Waals surface area contributed by atoms with Gasteiger partial charge in [-0.3, -0.25) is 4.79 Å². The van der Waals surface area contributed by atoms with E-state index in [1.807, 2.05) is 6.07 Å². The number of phenolic OH excluding ortho intramolecular Hbond substituents is 1. The summed E-state index contributed by atoms with van der Waals surface area (Å²) in [6.07, 6.45) is 3.35. The largest absolute Gasteiger partial charge is 0.504 e. The number of aromatic hydroxyl groups is 1. The SMILES string of the molecule is COc1ccc(/C=C(\C#N)C(=O)NC[C@H]2CCCO2)cc1O. The molecular weight excluding hydrogens is 284 g/mol. The van der Waals surface area contributed by atoms with E-state index in [-0.39, 0.29) is 17.4 Å². The molecule has 0 radical (unpaired) electrons. The van der Waals surface area contributed by atoms with E-state index in [0.717, 1.165) is 12.8 Å². The summed E-state index contributed by atoms with van der Waals surface area (Å²) in [5.41, 5.74) is 0.518. The third-order valence-electron chi connectivity index (χ3n) is 3.39. The van der Waals surface area contributed by atoms with Crippen LogP contribution in [0.1, 0.15) is 18.4 Å². The second-order valence-corrected chi connectivity index (χ2v) is 4.95. The van der Waals surface area contributed by atoms with Gasteiger partial charge in [0.05, 0.1) is 13.2 Å². The number of nitriles is 1. The van der Waals surface area contributed by atoms with Crippen molar-refractivity contribution in [2.45, 2.75) is 18.9 Å². The molecule has 1 amide bonds. The molecule has 1 aromatic rings. The van der Waals surface area contributed by atoms with E-state index in [4.69, 9.17) is 14.7 Å². The molecule has 0 saturated carbocycles. The predicted molar refractivity (Wildman–Crippen MR) is 80.2 cm³/mol. The summed E-state index contributed by atoms with van der Waals surface area (Å²) in [5.74, 6) is -0.167. The zero-order valence-corrected chi connectivity index (χ0v) is 12.3. The predicted octanol–water partition coefficient (Wildman–Crippen LogP) is 1.60. The van der Waals surface area contributed by atoms with Crippen molar-refractivity contribution in [3.05, 3.63) is 29.3 Å². The van der Waals surface area contributed by atoms with Gasteiger partial charge >= 0.3 is 0 Å². The van der Waals surface area contributed by atoms with Crippen molar-refractivity contribution < 1.29 is 19.4 Å². The van der Waals surface area contributed by atoms with Crippen molar-refractivity contribution >= 4 is 12.0 Å². The number of carbonyl (C=O) groups is 1. The van der Waals surface area contributed by atoms with Crippen LogP contribution < -0.4 is 10.1 Å². The molecule has 1 saturated heterocycles. The fourth-order valence-corrected chi connectivity index (χ4v) is 2.22. The molecule has 1 aromatic carbocycles. The van der Waals surface area contributed by atoms with Gasteiger partial charge < -0.3 is 19.9 Å². The summed E-state index contributed by atoms with van der Waals surface area (Å²) in [6.45, 7) is 1.11. The van der Waals surface area contributed by atoms with Gasteiger partial charge in [0.2, 0.25) is 0 Å². The minimum atomic E-state index is -0.451. The van der Waals surface area contributed by atoms with Crippen molar-refractivity contribution in [2.75, 3.05) is 20.3 Å². The van der Waals surface area contributed by atoms with E-state index in [2.05, 4.69) is 5.32 Å². The lowest BCUT2D eigenvalue weighted by Gasteiger charge is -2.10. The summed E-state index contributed by atoms with van der Waals surface area (Å²) >= 11 is 0. The molecule has 0 aromatic heterocycles. The molecule has 0 unspecified atom stereocenters. The van der Waals surface area contributed by atoms with Crippen LogP contribution >= 0.6 is 0 Å². The number of hydrogen-bond donors (Lipinski definition) is 2. The van der Waals surface area contributed by atoms with Gasteiger partial charge in [-0.25, -0.2) is 0 Å². The number of benzene rings is 1. The minimum Gasteiger partial charge on any atom is -0.504 e. The van der Waals surface area contributed by atoms with E-state index in [1.165, 1.54) is 19.3 Å². The van der Waals surface area contributed by atoms with Crippen LogP contribution in [0.15, 0.2) is 23.8 Å². The van der Waals surface area contributed by atoms with Crippen LogP contribution in [-0.2, 0) is 9.53 Å². The molecule has 1 atom stereocenters. The highest BCUT2D eigenvalue weighted by Crippen LogP contribution is 2.27. The molecule has 22 heavy (non-hydrogen) atoms. The lowest BCUT2D eigenvalue weighted by Crippen LogP contribution is -2.32. The molecule has 6 nitrogen and oxygen atoms in total. The van der Waals surface area contributed by atoms with Crippen LogP contribution in [0.25, 0.3) is 6.08 Å². The number of nitrogens with zero attached hydrogens (tertiary/aromatic N) is 1. The first-order chi connectivity index (χ1) is 10.6. The number of ether oxygens (including phenoxy) is 2. The maximum atomic E-state index is 12.0. The number of rotatable bonds is 5. The Labute approximate surface area is 129 Å². The van der Waals surface area contributed by atoms with E-state index in [0.29, 0.717) is 24.5 Å². The summed E-state index contributed by atoms with van der Waals surface area (Å²) in [7, 11) is 1.45. The van der Waals surface area contributed by atoms with Crippen LogP contribution in [0, 0.1) is 11.3 Å². The third kappa shape index (κ3) is 3.99. The van der Waals surface area contributed by atoms with Crippen LogP contribution in [0.4, 0.5) is 0 Å². The average molecular weight is 302 g/mol. The Hall–Kier alpha value is -2.52. The normalized spacial score (nSPS) is 17.8. The number of nitrogens with one attached hydrogen (secondary N) is 1. The first kappa shape index (κ1) is 15.9. The van der Waals surface area contributed by atoms with Crippen LogP contribution in [-0.4, -0.2) is 37.4 Å². The zero-order valence-electron chi connectivity index (χ0n) is 12.3. The second kappa shape index (κ2) is 7.48. The number of hydrogen-bond acceptors (Lipinski definition) is 5. The Bertz CT molecular complexity index is 613. The van der Waals surface area contributed by atoms with Crippen molar-refractivity contribution in [3.8, 4) is 17.6 Å². The summed E-state index contributed by atoms with van der Waals surface area (Å²) in [6, 6.07) is 6.53. The highest BCUT2D eigenvalue weighted by Gasteiger charge is 2.17. The zero-order chi connectivity index (χ0) is 15.9. The lowest BCUT2D eigenvalue weighted by atomic mass is 10.1. The van der Waals surface area contributed by atoms with Crippen molar-refractivity contribution in [1.82, 2.24) is 5.32 Å². The van der Waals surface area contributed by atoms with Gasteiger partial charge in [0.25, 0.3) is 5.91 Å². The van der Waals surface area contributed by atoms with Crippen molar-refractivity contribution in [1.29, 1.82) is 5.26 Å². The quantitative estimate of drug-likeness (QED) is 0.637. The van der Waals surface area contributed by atoms with Gasteiger partial charge in [0, 0.05) is 13.2 Å². The minimum absolute atomic E-state index is 0.0222. The Morgan fingerprint density at radius 3 is 3.05 bits per heavy atom. The summed E-state index contributed by atoms with van der Waals surface area (Å²) < 4.78 is 10.4. The molecule has 6 heteroatoms. The summed E-state index contributed by atoms with van der Waals surface area (Å²) in [4.78, 5) is 12.0. The standard InChI is InChI=1S/C16H18N2O4/c1-21-15-5-4-11(8-14(15)19)7-12(9-17)16(20)18-10-13-3-2-6-22-13/h4-5,7-8,13,19H,2-3,6,10H2,1H3,(H,18,20)/b12-7+/t13-/m1/s1. The first-order valence-corrected chi connectivity index (χ1v) is 7.02. The molecule has 1 fully saturated rings. The van der Waals surface area contributed by atoms with E-state index >= 15 is 0 Å². The number of methoxy groups -OCH3 is 1. The molecule has 1 heterocycles. The van der Waals surface area contributed by atoms with Crippen LogP contribution in [0.5, 0.6) is 11.5 Å². The number of amides is 1. The van der Waals surface area contributed by atoms with Crippen molar-refractivity contribution in [3.63, 3.8) is 0 Å². The highest BCUT2D eigenvalue weighted by atomic mass is 16.5. The Morgan fingerprint density at radius 2 is 2.45 bits per heavy atom. The molecule has 0 spiro atoms. The lowest BCUT2D eigenvalue weighted by molar-refractivity contribution is -0.117. The monoisotopic (exact) mass is 302 g/mol. The Kier molecular flexibility index (Phi) is 5.39. The molecule has 1 aliphatic heterocycles. The van der Waals surface area contributed by atoms with Gasteiger partial charge in [-0.2, -0.15) is 5.26 Å². The van der Waals surface area contributed by atoms with Gasteiger partial charge in [0.1, 0.15) is 11.6 Å². The molecular formula is C16H18N2O4. The fourth-order valence-electron chi connectivity index (χ4n) is 2.22. The number of phenols is 1. The summed E-state index contributed by atoms with van der Waals surface area (Å²) in [5, 5.41) is 21.5. The molecule has 1 aliphatic rings. The maximum Gasteiger partial charge on any atom is 0.262 e. The smallest absolute Gasteiger partial charge is 0.262 e. The molecule has 2 rings (SSSR count). The third-order valence-corrected chi connectivity index (χ3v) is 3.39. The van der Waals surface area contributed by atoms with Gasteiger partial charge in [-0.1, -0.05) is 6.07 Å². The molecule has 0 bridgehead atoms. The highest BCUT2D eigenvalue weighted by molar-refractivity contribution is 6.01. The average Bonchev–Trinajstić information content (AvgIpc) is 3.04. The van der Waals surface area contributed by atoms with E-state index < -0.39 is 5.91 Å². The topological polar surface area (TPSA) is 91.6 Å². The van der Waals surface area contributed by atoms with Gasteiger partial charge in [-0.05, 0) is 36.6 Å².